The van der Waals surface area contributed by atoms with Crippen LogP contribution in [0.2, 0.25) is 0 Å². The highest BCUT2D eigenvalue weighted by molar-refractivity contribution is 6.24. The van der Waals surface area contributed by atoms with E-state index in [-0.39, 0.29) is 37.5 Å². The van der Waals surface area contributed by atoms with Crippen molar-refractivity contribution in [2.45, 2.75) is 30.9 Å². The highest BCUT2D eigenvalue weighted by Crippen LogP contribution is 2.29. The minimum Gasteiger partial charge on any atom is -0.461 e. The summed E-state index contributed by atoms with van der Waals surface area (Å²) in [5.41, 5.74) is 0. The van der Waals surface area contributed by atoms with Gasteiger partial charge >= 0.3 is 0 Å². The number of aliphatic hydroxyl groups excluding tert-OH is 2. The van der Waals surface area contributed by atoms with Crippen molar-refractivity contribution in [3.63, 3.8) is 0 Å². The van der Waals surface area contributed by atoms with Crippen molar-refractivity contribution in [1.82, 2.24) is 9.80 Å². The first-order valence-electron chi connectivity index (χ1n) is 8.41. The fourth-order valence-electron chi connectivity index (χ4n) is 2.80. The van der Waals surface area contributed by atoms with Crippen molar-refractivity contribution in [3.05, 3.63) is 12.7 Å². The maximum atomic E-state index is 12.4. The molecule has 0 aliphatic carbocycles. The number of ether oxygens (including phenoxy) is 2. The van der Waals surface area contributed by atoms with Gasteiger partial charge in [-0.15, -0.1) is 0 Å². The van der Waals surface area contributed by atoms with Crippen LogP contribution in [-0.4, -0.2) is 102 Å². The highest BCUT2D eigenvalue weighted by atomic mass is 16.6. The molecule has 3 rings (SSSR count). The molecule has 27 heavy (non-hydrogen) atoms. The molecule has 1 unspecified atom stereocenters. The number of hydrogen-bond acceptors (Lipinski definition) is 9. The quantitative estimate of drug-likeness (QED) is 0.341. The number of amides is 1. The van der Waals surface area contributed by atoms with Gasteiger partial charge in [0.05, 0.1) is 19.0 Å². The molecule has 146 valence electrons. The second kappa shape index (κ2) is 7.94. The van der Waals surface area contributed by atoms with Gasteiger partial charge in [0.1, 0.15) is 18.9 Å². The molecule has 11 heteroatoms. The fourth-order valence-corrected chi connectivity index (χ4v) is 2.80. The van der Waals surface area contributed by atoms with Gasteiger partial charge < -0.3 is 24.6 Å². The molecule has 1 amide bonds. The van der Waals surface area contributed by atoms with Gasteiger partial charge in [-0.25, -0.2) is 9.98 Å². The predicted octanol–water partition coefficient (Wildman–Crippen LogP) is -1.42. The van der Waals surface area contributed by atoms with Gasteiger partial charge in [0, 0.05) is 20.5 Å². The molecule has 3 aliphatic heterocycles. The van der Waals surface area contributed by atoms with Crippen molar-refractivity contribution >= 4 is 30.1 Å². The Labute approximate surface area is 156 Å². The van der Waals surface area contributed by atoms with Gasteiger partial charge in [0.2, 0.25) is 0 Å². The first-order valence-corrected chi connectivity index (χ1v) is 8.41. The summed E-state index contributed by atoms with van der Waals surface area (Å²) >= 11 is 0. The summed E-state index contributed by atoms with van der Waals surface area (Å²) in [6, 6.07) is -0.840. The number of amidine groups is 2. The van der Waals surface area contributed by atoms with Crippen LogP contribution in [0.1, 0.15) is 6.42 Å². The number of guanidine groups is 1. The molecule has 3 aliphatic rings. The number of aliphatic hydroxyl groups is 2. The second-order valence-electron chi connectivity index (χ2n) is 6.33. The van der Waals surface area contributed by atoms with E-state index in [1.807, 2.05) is 0 Å². The van der Waals surface area contributed by atoms with Gasteiger partial charge in [-0.05, 0) is 0 Å². The van der Waals surface area contributed by atoms with Crippen LogP contribution in [0.25, 0.3) is 0 Å². The molecule has 0 aromatic carbocycles. The van der Waals surface area contributed by atoms with Crippen LogP contribution in [0.15, 0.2) is 32.6 Å². The number of hydrogen-bond donors (Lipinski definition) is 2. The fraction of sp³-hybridized carbons (Fsp3) is 0.562. The average molecular weight is 378 g/mol. The Kier molecular flexibility index (Phi) is 5.63. The number of carbonyl (C=O) groups excluding carboxylic acids is 1. The van der Waals surface area contributed by atoms with Gasteiger partial charge in [0.15, 0.2) is 11.9 Å². The van der Waals surface area contributed by atoms with Gasteiger partial charge in [-0.1, -0.05) is 12.7 Å². The molecule has 11 nitrogen and oxygen atoms in total. The summed E-state index contributed by atoms with van der Waals surface area (Å²) in [5, 5.41) is 19.4. The molecule has 0 bridgehead atoms. The molecule has 1 fully saturated rings. The van der Waals surface area contributed by atoms with E-state index in [4.69, 9.17) is 9.47 Å². The molecule has 0 aromatic rings. The summed E-state index contributed by atoms with van der Waals surface area (Å²) in [6.07, 6.45) is 0.901. The molecule has 0 aromatic heterocycles. The zero-order valence-electron chi connectivity index (χ0n) is 15.1. The Morgan fingerprint density at radius 1 is 1.48 bits per heavy atom. The van der Waals surface area contributed by atoms with E-state index in [0.29, 0.717) is 0 Å². The van der Waals surface area contributed by atoms with Crippen LogP contribution < -0.4 is 0 Å². The standard InChI is InChI=1S/C16H22N6O5/c1-4-5-26-16-18-12-13(19-15(20-14(12)25)17-8-21(2)3)22(16)11-6-9(24)10(7-23)27-11/h4,8-12,23-24H,1,5-7H2,2-3H3/b17-8+/t9-,10+,11+,12?/m0/s1. The molecule has 1 saturated heterocycles. The minimum absolute atomic E-state index is 0.0117. The molecular formula is C16H22N6O5. The Morgan fingerprint density at radius 2 is 2.26 bits per heavy atom. The number of fused-ring (bicyclic) bond motifs is 1. The van der Waals surface area contributed by atoms with Crippen molar-refractivity contribution in [2.75, 3.05) is 27.3 Å². The lowest BCUT2D eigenvalue weighted by molar-refractivity contribution is -0.117. The van der Waals surface area contributed by atoms with Crippen LogP contribution in [0.4, 0.5) is 0 Å². The van der Waals surface area contributed by atoms with E-state index in [9.17, 15) is 15.0 Å². The summed E-state index contributed by atoms with van der Waals surface area (Å²) in [5.74, 6) is -0.275. The van der Waals surface area contributed by atoms with Gasteiger partial charge in [-0.2, -0.15) is 9.98 Å². The molecule has 0 radical (unpaired) electrons. The van der Waals surface area contributed by atoms with E-state index in [0.717, 1.165) is 0 Å². The number of rotatable bonds is 5. The van der Waals surface area contributed by atoms with Crippen LogP contribution in [-0.2, 0) is 14.3 Å². The van der Waals surface area contributed by atoms with E-state index in [2.05, 4.69) is 26.5 Å². The van der Waals surface area contributed by atoms with E-state index in [1.165, 1.54) is 17.3 Å². The van der Waals surface area contributed by atoms with Crippen molar-refractivity contribution < 1.29 is 24.5 Å². The largest absolute Gasteiger partial charge is 0.461 e. The van der Waals surface area contributed by atoms with E-state index in [1.54, 1.807) is 19.0 Å². The third-order valence-electron chi connectivity index (χ3n) is 4.00. The zero-order valence-corrected chi connectivity index (χ0v) is 15.1. The first kappa shape index (κ1) is 19.1. The lowest BCUT2D eigenvalue weighted by Gasteiger charge is -2.27. The number of aliphatic imine (C=N–C) groups is 4. The second-order valence-corrected chi connectivity index (χ2v) is 6.33. The Balaban J connectivity index is 1.92. The van der Waals surface area contributed by atoms with Gasteiger partial charge in [0.25, 0.3) is 17.9 Å². The molecule has 2 N–H and O–H groups in total. The maximum absolute atomic E-state index is 12.4. The predicted molar refractivity (Wildman–Crippen MR) is 97.6 cm³/mol. The smallest absolute Gasteiger partial charge is 0.296 e. The Morgan fingerprint density at radius 3 is 2.89 bits per heavy atom. The molecule has 4 atom stereocenters. The van der Waals surface area contributed by atoms with Crippen molar-refractivity contribution in [3.8, 4) is 0 Å². The monoisotopic (exact) mass is 378 g/mol. The zero-order chi connectivity index (χ0) is 19.6. The molecule has 3 heterocycles. The summed E-state index contributed by atoms with van der Waals surface area (Å²) in [6.45, 7) is 3.42. The Hall–Kier alpha value is -2.63. The third-order valence-corrected chi connectivity index (χ3v) is 4.00. The SMILES string of the molecule is C=CCOC1=NC2C(=O)N=C(/N=C/N(C)C)N=C2N1[C@H]1C[C@H](O)[C@@H](CO)O1. The summed E-state index contributed by atoms with van der Waals surface area (Å²) in [7, 11) is 3.55. The number of nitrogens with zero attached hydrogens (tertiary/aromatic N) is 6. The van der Waals surface area contributed by atoms with Gasteiger partial charge in [-0.3, -0.25) is 9.69 Å². The van der Waals surface area contributed by atoms with Crippen LogP contribution >= 0.6 is 0 Å². The highest BCUT2D eigenvalue weighted by Gasteiger charge is 2.48. The minimum atomic E-state index is -0.961. The van der Waals surface area contributed by atoms with Crippen molar-refractivity contribution in [2.24, 2.45) is 20.0 Å². The summed E-state index contributed by atoms with van der Waals surface area (Å²) < 4.78 is 11.3. The number of carbonyl (C=O) groups is 1. The molecule has 0 spiro atoms. The molecule has 0 saturated carbocycles. The molecular weight excluding hydrogens is 356 g/mol. The first-order chi connectivity index (χ1) is 12.9. The van der Waals surface area contributed by atoms with Crippen LogP contribution in [0, 0.1) is 0 Å². The lowest BCUT2D eigenvalue weighted by Crippen LogP contribution is -2.47. The van der Waals surface area contributed by atoms with E-state index < -0.39 is 30.4 Å². The van der Waals surface area contributed by atoms with Crippen LogP contribution in [0.3, 0.4) is 0 Å². The topological polar surface area (TPSA) is 132 Å². The summed E-state index contributed by atoms with van der Waals surface area (Å²) in [4.78, 5) is 32.1. The normalized spacial score (nSPS) is 30.1. The average Bonchev–Trinajstić information content (AvgIpc) is 3.18. The van der Waals surface area contributed by atoms with Crippen LogP contribution in [0.5, 0.6) is 0 Å². The van der Waals surface area contributed by atoms with E-state index >= 15 is 0 Å². The van der Waals surface area contributed by atoms with Crippen molar-refractivity contribution in [1.29, 1.82) is 0 Å². The Bertz CT molecular complexity index is 731. The lowest BCUT2D eigenvalue weighted by atomic mass is 10.1. The maximum Gasteiger partial charge on any atom is 0.296 e. The third kappa shape index (κ3) is 3.89.